The van der Waals surface area contributed by atoms with E-state index in [1.165, 1.54) is 7.11 Å². The number of nitrogens with zero attached hydrogens (tertiary/aromatic N) is 1. The number of carbonyl (C=O) groups is 1. The zero-order chi connectivity index (χ0) is 15.8. The van der Waals surface area contributed by atoms with Gasteiger partial charge in [-0.3, -0.25) is 4.79 Å². The molecule has 1 atom stereocenters. The molecule has 0 aliphatic rings. The molecule has 1 rings (SSSR count). The Bertz CT molecular complexity index is 461. The van der Waals surface area contributed by atoms with Crippen molar-refractivity contribution >= 4 is 5.97 Å². The van der Waals surface area contributed by atoms with Crippen LogP contribution in [0.1, 0.15) is 25.5 Å². The Morgan fingerprint density at radius 2 is 2.00 bits per heavy atom. The van der Waals surface area contributed by atoms with Crippen molar-refractivity contribution in [1.29, 1.82) is 0 Å². The fourth-order valence-corrected chi connectivity index (χ4v) is 1.96. The van der Waals surface area contributed by atoms with E-state index >= 15 is 0 Å². The number of carboxylic acid groups (broad SMARTS) is 1. The molecule has 0 saturated heterocycles. The minimum absolute atomic E-state index is 0.482. The predicted molar refractivity (Wildman–Crippen MR) is 80.8 cm³/mol. The summed E-state index contributed by atoms with van der Waals surface area (Å²) in [7, 11) is 1.52. The van der Waals surface area contributed by atoms with Crippen LogP contribution in [0.25, 0.3) is 0 Å². The molecule has 3 N–H and O–H groups in total. The highest BCUT2D eigenvalue weighted by atomic mass is 16.5. The molecule has 0 bridgehead atoms. The molecular weight excluding hydrogens is 272 g/mol. The first-order valence-corrected chi connectivity index (χ1v) is 7.04. The molecule has 0 spiro atoms. The van der Waals surface area contributed by atoms with Gasteiger partial charge in [-0.1, -0.05) is 19.9 Å². The number of carboxylic acids is 1. The highest BCUT2D eigenvalue weighted by Gasteiger charge is 2.16. The maximum absolute atomic E-state index is 10.9. The number of rotatable bonds is 9. The Kier molecular flexibility index (Phi) is 6.98. The third-order valence-electron chi connectivity index (χ3n) is 3.37. The SMILES string of the molecule is CCN(CC)CCOc1ccc(C(N)C(=O)O)cc1OC. The summed E-state index contributed by atoms with van der Waals surface area (Å²) in [6, 6.07) is 3.88. The van der Waals surface area contributed by atoms with Crippen molar-refractivity contribution in [3.8, 4) is 11.5 Å². The molecule has 21 heavy (non-hydrogen) atoms. The molecule has 0 heterocycles. The third-order valence-corrected chi connectivity index (χ3v) is 3.37. The molecule has 0 fully saturated rings. The van der Waals surface area contributed by atoms with Gasteiger partial charge in [0.05, 0.1) is 7.11 Å². The molecule has 118 valence electrons. The summed E-state index contributed by atoms with van der Waals surface area (Å²) >= 11 is 0. The first kappa shape index (κ1) is 17.3. The third kappa shape index (κ3) is 4.91. The first-order valence-electron chi connectivity index (χ1n) is 7.04. The minimum Gasteiger partial charge on any atom is -0.493 e. The number of ether oxygens (including phenoxy) is 2. The van der Waals surface area contributed by atoms with Crippen LogP contribution in [0.4, 0.5) is 0 Å². The lowest BCUT2D eigenvalue weighted by Crippen LogP contribution is -2.28. The van der Waals surface area contributed by atoms with Crippen LogP contribution in [-0.2, 0) is 4.79 Å². The van der Waals surface area contributed by atoms with E-state index in [0.29, 0.717) is 23.7 Å². The van der Waals surface area contributed by atoms with Crippen molar-refractivity contribution in [2.75, 3.05) is 33.4 Å². The number of hydrogen-bond donors (Lipinski definition) is 2. The summed E-state index contributed by atoms with van der Waals surface area (Å²) in [4.78, 5) is 13.1. The van der Waals surface area contributed by atoms with Crippen LogP contribution in [0, 0.1) is 0 Å². The molecule has 0 saturated carbocycles. The molecule has 1 aromatic carbocycles. The maximum atomic E-state index is 10.9. The van der Waals surface area contributed by atoms with Gasteiger partial charge in [-0.2, -0.15) is 0 Å². The zero-order valence-corrected chi connectivity index (χ0v) is 12.8. The molecule has 0 aliphatic carbocycles. The van der Waals surface area contributed by atoms with Crippen LogP contribution < -0.4 is 15.2 Å². The molecule has 0 aliphatic heterocycles. The quantitative estimate of drug-likeness (QED) is 0.718. The minimum atomic E-state index is -1.08. The predicted octanol–water partition coefficient (Wildman–Crippen LogP) is 1.50. The molecule has 6 heteroatoms. The molecule has 1 aromatic rings. The Balaban J connectivity index is 2.73. The number of aliphatic carboxylic acids is 1. The van der Waals surface area contributed by atoms with Gasteiger partial charge in [0.2, 0.25) is 0 Å². The van der Waals surface area contributed by atoms with Crippen molar-refractivity contribution in [2.45, 2.75) is 19.9 Å². The summed E-state index contributed by atoms with van der Waals surface area (Å²) in [6.45, 7) is 7.53. The lowest BCUT2D eigenvalue weighted by atomic mass is 10.1. The Morgan fingerprint density at radius 1 is 1.33 bits per heavy atom. The van der Waals surface area contributed by atoms with Gasteiger partial charge in [0, 0.05) is 6.54 Å². The monoisotopic (exact) mass is 296 g/mol. The summed E-state index contributed by atoms with van der Waals surface area (Å²) < 4.78 is 10.9. The van der Waals surface area contributed by atoms with Gasteiger partial charge >= 0.3 is 5.97 Å². The topological polar surface area (TPSA) is 85.0 Å². The molecule has 6 nitrogen and oxygen atoms in total. The number of likely N-dealkylation sites (N-methyl/N-ethyl adjacent to an activating group) is 1. The van der Waals surface area contributed by atoms with Crippen molar-refractivity contribution in [2.24, 2.45) is 5.73 Å². The lowest BCUT2D eigenvalue weighted by molar-refractivity contribution is -0.138. The first-order chi connectivity index (χ1) is 10.0. The van der Waals surface area contributed by atoms with Gasteiger partial charge in [0.1, 0.15) is 12.6 Å². The van der Waals surface area contributed by atoms with Crippen molar-refractivity contribution in [3.05, 3.63) is 23.8 Å². The van der Waals surface area contributed by atoms with Crippen LogP contribution in [0.3, 0.4) is 0 Å². The summed E-state index contributed by atoms with van der Waals surface area (Å²) in [5.41, 5.74) is 6.07. The lowest BCUT2D eigenvalue weighted by Gasteiger charge is -2.19. The van der Waals surface area contributed by atoms with E-state index in [0.717, 1.165) is 19.6 Å². The normalized spacial score (nSPS) is 12.2. The second-order valence-electron chi connectivity index (χ2n) is 4.60. The van der Waals surface area contributed by atoms with Gasteiger partial charge < -0.3 is 25.2 Å². The Labute approximate surface area is 125 Å². The molecule has 0 radical (unpaired) electrons. The fraction of sp³-hybridized carbons (Fsp3) is 0.533. The zero-order valence-electron chi connectivity index (χ0n) is 12.8. The van der Waals surface area contributed by atoms with Crippen molar-refractivity contribution in [1.82, 2.24) is 4.90 Å². The van der Waals surface area contributed by atoms with Crippen molar-refractivity contribution < 1.29 is 19.4 Å². The van der Waals surface area contributed by atoms with Crippen LogP contribution >= 0.6 is 0 Å². The number of hydrogen-bond acceptors (Lipinski definition) is 5. The average Bonchev–Trinajstić information content (AvgIpc) is 2.50. The Morgan fingerprint density at radius 3 is 2.52 bits per heavy atom. The summed E-state index contributed by atoms with van der Waals surface area (Å²) in [5, 5.41) is 8.92. The van der Waals surface area contributed by atoms with E-state index in [9.17, 15) is 4.79 Å². The fourth-order valence-electron chi connectivity index (χ4n) is 1.96. The molecular formula is C15H24N2O4. The van der Waals surface area contributed by atoms with Gasteiger partial charge in [-0.05, 0) is 30.8 Å². The summed E-state index contributed by atoms with van der Waals surface area (Å²) in [6.07, 6.45) is 0. The number of nitrogens with two attached hydrogens (primary N) is 1. The maximum Gasteiger partial charge on any atom is 0.325 e. The van der Waals surface area contributed by atoms with Crippen LogP contribution in [0.15, 0.2) is 18.2 Å². The molecule has 1 unspecified atom stereocenters. The van der Waals surface area contributed by atoms with E-state index < -0.39 is 12.0 Å². The highest BCUT2D eigenvalue weighted by molar-refractivity contribution is 5.75. The Hall–Kier alpha value is -1.79. The number of benzene rings is 1. The largest absolute Gasteiger partial charge is 0.493 e. The van der Waals surface area contributed by atoms with Crippen LogP contribution in [0.2, 0.25) is 0 Å². The van der Waals surface area contributed by atoms with E-state index in [1.54, 1.807) is 18.2 Å². The summed E-state index contributed by atoms with van der Waals surface area (Å²) in [5.74, 6) is 0.00185. The van der Waals surface area contributed by atoms with Crippen LogP contribution in [-0.4, -0.2) is 49.3 Å². The smallest absolute Gasteiger partial charge is 0.325 e. The van der Waals surface area contributed by atoms with Crippen LogP contribution in [0.5, 0.6) is 11.5 Å². The standard InChI is InChI=1S/C15H24N2O4/c1-4-17(5-2)8-9-21-12-7-6-11(10-13(12)20-3)14(16)15(18)19/h6-7,10,14H,4-5,8-9,16H2,1-3H3,(H,18,19). The second kappa shape index (κ2) is 8.49. The van der Waals surface area contributed by atoms with E-state index in [4.69, 9.17) is 20.3 Å². The van der Waals surface area contributed by atoms with Gasteiger partial charge in [0.25, 0.3) is 0 Å². The van der Waals surface area contributed by atoms with E-state index in [-0.39, 0.29) is 0 Å². The van der Waals surface area contributed by atoms with E-state index in [2.05, 4.69) is 18.7 Å². The van der Waals surface area contributed by atoms with Crippen molar-refractivity contribution in [3.63, 3.8) is 0 Å². The second-order valence-corrected chi connectivity index (χ2v) is 4.60. The van der Waals surface area contributed by atoms with E-state index in [1.807, 2.05) is 0 Å². The van der Waals surface area contributed by atoms with Gasteiger partial charge in [-0.25, -0.2) is 0 Å². The van der Waals surface area contributed by atoms with Gasteiger partial charge in [0.15, 0.2) is 11.5 Å². The highest BCUT2D eigenvalue weighted by Crippen LogP contribution is 2.29. The molecule has 0 aromatic heterocycles. The van der Waals surface area contributed by atoms with Gasteiger partial charge in [-0.15, -0.1) is 0 Å². The average molecular weight is 296 g/mol. The molecule has 0 amide bonds. The number of methoxy groups -OCH3 is 1.